The monoisotopic (exact) mass is 419 g/mol. The highest BCUT2D eigenvalue weighted by molar-refractivity contribution is 5.89. The summed E-state index contributed by atoms with van der Waals surface area (Å²) < 4.78 is 40.9. The maximum Gasteiger partial charge on any atom is 0.416 e. The van der Waals surface area contributed by atoms with E-state index in [1.807, 2.05) is 34.8 Å². The van der Waals surface area contributed by atoms with E-state index in [-0.39, 0.29) is 37.4 Å². The van der Waals surface area contributed by atoms with Crippen molar-refractivity contribution in [1.29, 1.82) is 0 Å². The number of rotatable bonds is 4. The summed E-state index contributed by atoms with van der Waals surface area (Å²) in [6.45, 7) is 0.977. The molecule has 2 atom stereocenters. The molecule has 2 aliphatic heterocycles. The largest absolute Gasteiger partial charge is 0.416 e. The van der Waals surface area contributed by atoms with Crippen molar-refractivity contribution in [3.8, 4) is 0 Å². The Morgan fingerprint density at radius 1 is 1.20 bits per heavy atom. The normalized spacial score (nSPS) is 22.2. The van der Waals surface area contributed by atoms with Gasteiger partial charge >= 0.3 is 6.18 Å². The van der Waals surface area contributed by atoms with Gasteiger partial charge in [0, 0.05) is 45.0 Å². The van der Waals surface area contributed by atoms with Crippen molar-refractivity contribution in [2.45, 2.75) is 38.0 Å². The number of benzene rings is 1. The highest BCUT2D eigenvalue weighted by atomic mass is 19.4. The zero-order valence-corrected chi connectivity index (χ0v) is 16.7. The molecule has 1 aromatic carbocycles. The standard InChI is InChI=1S/C22H24F3N3O2/c1-26-9-3-7-18(26)19-8-4-10-28(19)21(30)16-12-20(29)27(14-16)13-15-5-2-6-17(11-15)22(23,24)25/h2-3,5-7,9,11,16,19H,4,8,10,12-14H2,1H3. The van der Waals surface area contributed by atoms with Crippen LogP contribution in [-0.2, 0) is 29.4 Å². The Morgan fingerprint density at radius 3 is 2.70 bits per heavy atom. The first kappa shape index (κ1) is 20.5. The summed E-state index contributed by atoms with van der Waals surface area (Å²) in [6, 6.07) is 8.96. The minimum absolute atomic E-state index is 0.00474. The number of aryl methyl sites for hydroxylation is 1. The minimum Gasteiger partial charge on any atom is -0.353 e. The van der Waals surface area contributed by atoms with E-state index in [1.54, 1.807) is 6.07 Å². The van der Waals surface area contributed by atoms with Crippen LogP contribution in [0.1, 0.15) is 42.1 Å². The molecule has 8 heteroatoms. The highest BCUT2D eigenvalue weighted by Gasteiger charge is 2.40. The summed E-state index contributed by atoms with van der Waals surface area (Å²) in [6.07, 6.45) is -0.569. The van der Waals surface area contributed by atoms with Crippen LogP contribution >= 0.6 is 0 Å². The van der Waals surface area contributed by atoms with E-state index in [0.717, 1.165) is 30.7 Å². The fourth-order valence-corrected chi connectivity index (χ4v) is 4.55. The van der Waals surface area contributed by atoms with E-state index in [1.165, 1.54) is 11.0 Å². The summed E-state index contributed by atoms with van der Waals surface area (Å²) in [5.74, 6) is -0.692. The van der Waals surface area contributed by atoms with Gasteiger partial charge in [0.25, 0.3) is 0 Å². The van der Waals surface area contributed by atoms with E-state index in [2.05, 4.69) is 0 Å². The van der Waals surface area contributed by atoms with Gasteiger partial charge in [-0.1, -0.05) is 12.1 Å². The van der Waals surface area contributed by atoms with Crippen LogP contribution in [-0.4, -0.2) is 39.3 Å². The lowest BCUT2D eigenvalue weighted by Gasteiger charge is -2.28. The van der Waals surface area contributed by atoms with Gasteiger partial charge in [-0.05, 0) is 42.7 Å². The number of carbonyl (C=O) groups is 2. The van der Waals surface area contributed by atoms with Gasteiger partial charge in [-0.15, -0.1) is 0 Å². The smallest absolute Gasteiger partial charge is 0.353 e. The van der Waals surface area contributed by atoms with Crippen molar-refractivity contribution in [2.75, 3.05) is 13.1 Å². The molecule has 2 amide bonds. The van der Waals surface area contributed by atoms with Crippen LogP contribution in [0.4, 0.5) is 13.2 Å². The molecular formula is C22H24F3N3O2. The molecule has 2 aromatic rings. The topological polar surface area (TPSA) is 45.6 Å². The molecule has 5 nitrogen and oxygen atoms in total. The van der Waals surface area contributed by atoms with Crippen LogP contribution < -0.4 is 0 Å². The fraction of sp³-hybridized carbons (Fsp3) is 0.455. The molecule has 3 heterocycles. The second kappa shape index (κ2) is 7.81. The van der Waals surface area contributed by atoms with E-state index in [9.17, 15) is 22.8 Å². The van der Waals surface area contributed by atoms with E-state index in [4.69, 9.17) is 0 Å². The van der Waals surface area contributed by atoms with Gasteiger partial charge in [0.15, 0.2) is 0 Å². The molecule has 1 aromatic heterocycles. The van der Waals surface area contributed by atoms with Crippen LogP contribution in [0.25, 0.3) is 0 Å². The Morgan fingerprint density at radius 2 is 2.00 bits per heavy atom. The molecule has 160 valence electrons. The number of hydrogen-bond acceptors (Lipinski definition) is 2. The average Bonchev–Trinajstić information content (AvgIpc) is 3.41. The zero-order valence-electron chi connectivity index (χ0n) is 16.7. The minimum atomic E-state index is -4.43. The van der Waals surface area contributed by atoms with Crippen LogP contribution in [0.5, 0.6) is 0 Å². The molecule has 0 aliphatic carbocycles. The molecule has 0 bridgehead atoms. The second-order valence-corrected chi connectivity index (χ2v) is 8.11. The number of amides is 2. The molecule has 2 aliphatic rings. The second-order valence-electron chi connectivity index (χ2n) is 8.11. The Bertz CT molecular complexity index is 953. The number of likely N-dealkylation sites (tertiary alicyclic amines) is 2. The van der Waals surface area contributed by atoms with Crippen molar-refractivity contribution in [3.05, 3.63) is 59.4 Å². The molecule has 30 heavy (non-hydrogen) atoms. The van der Waals surface area contributed by atoms with Crippen LogP contribution in [0.2, 0.25) is 0 Å². The highest BCUT2D eigenvalue weighted by Crippen LogP contribution is 2.35. The fourth-order valence-electron chi connectivity index (χ4n) is 4.55. The number of hydrogen-bond donors (Lipinski definition) is 0. The third-order valence-electron chi connectivity index (χ3n) is 6.05. The summed E-state index contributed by atoms with van der Waals surface area (Å²) in [4.78, 5) is 29.0. The van der Waals surface area contributed by atoms with Crippen molar-refractivity contribution < 1.29 is 22.8 Å². The quantitative estimate of drug-likeness (QED) is 0.758. The average molecular weight is 419 g/mol. The molecule has 0 N–H and O–H groups in total. The Kier molecular flexibility index (Phi) is 5.34. The lowest BCUT2D eigenvalue weighted by atomic mass is 10.1. The molecular weight excluding hydrogens is 395 g/mol. The Hall–Kier alpha value is -2.77. The van der Waals surface area contributed by atoms with Crippen molar-refractivity contribution in [3.63, 3.8) is 0 Å². The molecule has 2 unspecified atom stereocenters. The number of nitrogens with zero attached hydrogens (tertiary/aromatic N) is 3. The summed E-state index contributed by atoms with van der Waals surface area (Å²) >= 11 is 0. The van der Waals surface area contributed by atoms with Gasteiger partial charge in [0.05, 0.1) is 17.5 Å². The molecule has 0 saturated carbocycles. The predicted molar refractivity (Wildman–Crippen MR) is 104 cm³/mol. The SMILES string of the molecule is Cn1cccc1C1CCCN1C(=O)C1CC(=O)N(Cc2cccc(C(F)(F)F)c2)C1. The Balaban J connectivity index is 1.45. The first-order valence-electron chi connectivity index (χ1n) is 10.1. The van der Waals surface area contributed by atoms with Crippen molar-refractivity contribution >= 4 is 11.8 Å². The van der Waals surface area contributed by atoms with Gasteiger partial charge in [-0.3, -0.25) is 9.59 Å². The maximum atomic E-state index is 13.2. The van der Waals surface area contributed by atoms with Crippen LogP contribution in [0, 0.1) is 5.92 Å². The molecule has 0 spiro atoms. The first-order chi connectivity index (χ1) is 14.2. The van der Waals surface area contributed by atoms with Crippen LogP contribution in [0.15, 0.2) is 42.6 Å². The first-order valence-corrected chi connectivity index (χ1v) is 10.1. The van der Waals surface area contributed by atoms with Gasteiger partial charge in [0.2, 0.25) is 11.8 Å². The zero-order chi connectivity index (χ0) is 21.5. The summed E-state index contributed by atoms with van der Waals surface area (Å²) in [5.41, 5.74) is 0.752. The van der Waals surface area contributed by atoms with Crippen LogP contribution in [0.3, 0.4) is 0 Å². The molecule has 2 fully saturated rings. The third-order valence-corrected chi connectivity index (χ3v) is 6.05. The lowest BCUT2D eigenvalue weighted by Crippen LogP contribution is -2.37. The number of carbonyl (C=O) groups excluding carboxylic acids is 2. The maximum absolute atomic E-state index is 13.2. The predicted octanol–water partition coefficient (Wildman–Crippen LogP) is 3.76. The number of halogens is 3. The van der Waals surface area contributed by atoms with E-state index < -0.39 is 17.7 Å². The summed E-state index contributed by atoms with van der Waals surface area (Å²) in [7, 11) is 1.95. The Labute approximate surface area is 173 Å². The lowest BCUT2D eigenvalue weighted by molar-refractivity contribution is -0.138. The third kappa shape index (κ3) is 3.95. The van der Waals surface area contributed by atoms with Gasteiger partial charge < -0.3 is 14.4 Å². The van der Waals surface area contributed by atoms with E-state index in [0.29, 0.717) is 12.1 Å². The van der Waals surface area contributed by atoms with Crippen molar-refractivity contribution in [2.24, 2.45) is 13.0 Å². The summed E-state index contributed by atoms with van der Waals surface area (Å²) in [5, 5.41) is 0. The van der Waals surface area contributed by atoms with Crippen molar-refractivity contribution in [1.82, 2.24) is 14.4 Å². The molecule has 4 rings (SSSR count). The van der Waals surface area contributed by atoms with Gasteiger partial charge in [-0.25, -0.2) is 0 Å². The number of alkyl halides is 3. The molecule has 0 radical (unpaired) electrons. The molecule has 2 saturated heterocycles. The van der Waals surface area contributed by atoms with E-state index >= 15 is 0 Å². The number of aromatic nitrogens is 1. The van der Waals surface area contributed by atoms with Gasteiger partial charge in [-0.2, -0.15) is 13.2 Å². The van der Waals surface area contributed by atoms with Gasteiger partial charge in [0.1, 0.15) is 0 Å².